The van der Waals surface area contributed by atoms with E-state index in [4.69, 9.17) is 14.2 Å². The molecule has 0 saturated carbocycles. The van der Waals surface area contributed by atoms with Gasteiger partial charge in [0, 0.05) is 19.3 Å². The number of carbonyl (C=O) groups is 3. The maximum atomic E-state index is 12.8. The molecule has 64 heavy (non-hydrogen) atoms. The van der Waals surface area contributed by atoms with Crippen LogP contribution in [0.15, 0.2) is 60.8 Å². The summed E-state index contributed by atoms with van der Waals surface area (Å²) in [5.41, 5.74) is 0. The Kier molecular flexibility index (Phi) is 50.4. The monoisotopic (exact) mass is 895 g/mol. The van der Waals surface area contributed by atoms with E-state index in [1.165, 1.54) is 148 Å². The van der Waals surface area contributed by atoms with E-state index in [-0.39, 0.29) is 37.5 Å². The number of rotatable bonds is 49. The highest BCUT2D eigenvalue weighted by atomic mass is 16.6. The molecule has 6 nitrogen and oxygen atoms in total. The fourth-order valence-electron chi connectivity index (χ4n) is 7.71. The maximum absolute atomic E-state index is 12.8. The highest BCUT2D eigenvalue weighted by Crippen LogP contribution is 2.16. The van der Waals surface area contributed by atoms with Crippen molar-refractivity contribution in [3.8, 4) is 0 Å². The van der Waals surface area contributed by atoms with E-state index in [1.54, 1.807) is 0 Å². The Bertz CT molecular complexity index is 1170. The molecule has 0 rings (SSSR count). The van der Waals surface area contributed by atoms with Crippen LogP contribution in [0.5, 0.6) is 0 Å². The highest BCUT2D eigenvalue weighted by Gasteiger charge is 2.19. The van der Waals surface area contributed by atoms with Crippen molar-refractivity contribution >= 4 is 17.9 Å². The number of hydrogen-bond acceptors (Lipinski definition) is 6. The molecule has 0 aliphatic rings. The van der Waals surface area contributed by atoms with Gasteiger partial charge in [0.2, 0.25) is 0 Å². The smallest absolute Gasteiger partial charge is 0.306 e. The van der Waals surface area contributed by atoms with Crippen LogP contribution in [-0.4, -0.2) is 37.2 Å². The van der Waals surface area contributed by atoms with Gasteiger partial charge in [-0.1, -0.05) is 255 Å². The number of esters is 3. The van der Waals surface area contributed by atoms with Crippen LogP contribution in [0.1, 0.15) is 271 Å². The third-order valence-corrected chi connectivity index (χ3v) is 11.8. The summed E-state index contributed by atoms with van der Waals surface area (Å²) in [6, 6.07) is 0. The zero-order chi connectivity index (χ0) is 46.5. The average molecular weight is 895 g/mol. The van der Waals surface area contributed by atoms with Crippen molar-refractivity contribution in [3.63, 3.8) is 0 Å². The Hall–Kier alpha value is -2.89. The van der Waals surface area contributed by atoms with Crippen LogP contribution < -0.4 is 0 Å². The van der Waals surface area contributed by atoms with Gasteiger partial charge in [-0.3, -0.25) is 14.4 Å². The summed E-state index contributed by atoms with van der Waals surface area (Å²) in [5, 5.41) is 0. The van der Waals surface area contributed by atoms with Crippen LogP contribution in [0.2, 0.25) is 0 Å². The molecule has 370 valence electrons. The molecule has 0 aromatic rings. The van der Waals surface area contributed by atoms with Gasteiger partial charge >= 0.3 is 17.9 Å². The Labute approximate surface area is 396 Å². The molecule has 0 aliphatic heterocycles. The van der Waals surface area contributed by atoms with Gasteiger partial charge in [0.05, 0.1) is 0 Å². The second-order valence-electron chi connectivity index (χ2n) is 18.1. The van der Waals surface area contributed by atoms with Crippen molar-refractivity contribution in [2.45, 2.75) is 277 Å². The van der Waals surface area contributed by atoms with E-state index in [9.17, 15) is 14.4 Å². The van der Waals surface area contributed by atoms with Crippen LogP contribution in [0, 0.1) is 0 Å². The van der Waals surface area contributed by atoms with Crippen LogP contribution in [-0.2, 0) is 28.6 Å². The minimum absolute atomic E-state index is 0.0880. The first-order chi connectivity index (χ1) is 31.5. The number of unbranched alkanes of at least 4 members (excludes halogenated alkanes) is 28. The first-order valence-corrected chi connectivity index (χ1v) is 27.3. The standard InChI is InChI=1S/C58H102O6/c1-4-7-10-13-16-19-22-25-27-29-31-33-36-38-41-44-47-50-56(59)62-53-55(64-58(61)52-49-46-43-40-35-24-21-18-15-12-9-6-3)54-63-57(60)51-48-45-42-39-37-34-32-30-28-26-23-20-17-14-11-8-5-2/h7,10,16,19,25,27,31,33,38,41,55H,4-6,8-9,11-15,17-18,20-24,26,28-30,32,34-37,39-40,42-54H2,1-3H3/b10-7-,19-16-,27-25-,33-31-,41-38-/t55-/m1/s1. The molecule has 0 spiro atoms. The second-order valence-corrected chi connectivity index (χ2v) is 18.1. The fraction of sp³-hybridized carbons (Fsp3) is 0.776. The number of carbonyl (C=O) groups excluding carboxylic acids is 3. The maximum Gasteiger partial charge on any atom is 0.306 e. The average Bonchev–Trinajstić information content (AvgIpc) is 3.29. The molecule has 0 aromatic heterocycles. The van der Waals surface area contributed by atoms with Gasteiger partial charge in [0.1, 0.15) is 13.2 Å². The van der Waals surface area contributed by atoms with Crippen molar-refractivity contribution in [1.29, 1.82) is 0 Å². The molecule has 0 N–H and O–H groups in total. The van der Waals surface area contributed by atoms with Crippen molar-refractivity contribution in [3.05, 3.63) is 60.8 Å². The van der Waals surface area contributed by atoms with E-state index in [0.29, 0.717) is 19.3 Å². The molecule has 0 aliphatic carbocycles. The Morgan fingerprint density at radius 2 is 0.609 bits per heavy atom. The quantitative estimate of drug-likeness (QED) is 0.0262. The van der Waals surface area contributed by atoms with Crippen molar-refractivity contribution in [2.75, 3.05) is 13.2 Å². The van der Waals surface area contributed by atoms with E-state index < -0.39 is 6.10 Å². The third-order valence-electron chi connectivity index (χ3n) is 11.8. The summed E-state index contributed by atoms with van der Waals surface area (Å²) < 4.78 is 16.8. The lowest BCUT2D eigenvalue weighted by Crippen LogP contribution is -2.30. The molecule has 0 fully saturated rings. The van der Waals surface area contributed by atoms with Crippen molar-refractivity contribution in [2.24, 2.45) is 0 Å². The fourth-order valence-corrected chi connectivity index (χ4v) is 7.71. The summed E-state index contributed by atoms with van der Waals surface area (Å²) in [4.78, 5) is 38.0. The molecule has 0 heterocycles. The Balaban J connectivity index is 4.40. The number of hydrogen-bond donors (Lipinski definition) is 0. The van der Waals surface area contributed by atoms with Gasteiger partial charge in [0.25, 0.3) is 0 Å². The summed E-state index contributed by atoms with van der Waals surface area (Å²) in [6.07, 6.45) is 65.0. The lowest BCUT2D eigenvalue weighted by molar-refractivity contribution is -0.167. The molecule has 0 saturated heterocycles. The lowest BCUT2D eigenvalue weighted by atomic mass is 10.0. The number of ether oxygens (including phenoxy) is 3. The summed E-state index contributed by atoms with van der Waals surface area (Å²) in [7, 11) is 0. The molecule has 0 bridgehead atoms. The molecule has 0 amide bonds. The summed E-state index contributed by atoms with van der Waals surface area (Å²) in [6.45, 7) is 6.50. The van der Waals surface area contributed by atoms with Gasteiger partial charge in [-0.25, -0.2) is 0 Å². The lowest BCUT2D eigenvalue weighted by Gasteiger charge is -2.18. The van der Waals surface area contributed by atoms with Gasteiger partial charge in [-0.2, -0.15) is 0 Å². The SMILES string of the molecule is CC/C=C\C/C=C\C/C=C\C/C=C\C/C=C\CCCC(=O)OC[C@H](COC(=O)CCCCCCCCCCCCCCCCCCC)OC(=O)CCCCCCCCCCCCCC. The molecular weight excluding hydrogens is 793 g/mol. The van der Waals surface area contributed by atoms with E-state index in [1.807, 2.05) is 0 Å². The van der Waals surface area contributed by atoms with E-state index >= 15 is 0 Å². The summed E-state index contributed by atoms with van der Waals surface area (Å²) in [5.74, 6) is -0.939. The van der Waals surface area contributed by atoms with Crippen LogP contribution in [0.4, 0.5) is 0 Å². The van der Waals surface area contributed by atoms with Gasteiger partial charge < -0.3 is 14.2 Å². The van der Waals surface area contributed by atoms with E-state index in [2.05, 4.69) is 81.5 Å². The minimum Gasteiger partial charge on any atom is -0.462 e. The van der Waals surface area contributed by atoms with Crippen LogP contribution >= 0.6 is 0 Å². The predicted molar refractivity (Wildman–Crippen MR) is 275 cm³/mol. The molecule has 0 unspecified atom stereocenters. The van der Waals surface area contributed by atoms with Crippen LogP contribution in [0.25, 0.3) is 0 Å². The second kappa shape index (κ2) is 52.7. The van der Waals surface area contributed by atoms with Gasteiger partial charge in [0.15, 0.2) is 6.10 Å². The molecule has 1 atom stereocenters. The zero-order valence-corrected chi connectivity index (χ0v) is 42.3. The topological polar surface area (TPSA) is 78.9 Å². The first-order valence-electron chi connectivity index (χ1n) is 27.3. The predicted octanol–water partition coefficient (Wildman–Crippen LogP) is 18.0. The normalized spacial score (nSPS) is 12.5. The van der Waals surface area contributed by atoms with Gasteiger partial charge in [-0.05, 0) is 57.8 Å². The largest absolute Gasteiger partial charge is 0.462 e. The third kappa shape index (κ3) is 50.1. The zero-order valence-electron chi connectivity index (χ0n) is 42.3. The Morgan fingerprint density at radius 3 is 0.953 bits per heavy atom. The summed E-state index contributed by atoms with van der Waals surface area (Å²) >= 11 is 0. The van der Waals surface area contributed by atoms with E-state index in [0.717, 1.165) is 77.0 Å². The highest BCUT2D eigenvalue weighted by molar-refractivity contribution is 5.71. The molecule has 6 heteroatoms. The van der Waals surface area contributed by atoms with Gasteiger partial charge in [-0.15, -0.1) is 0 Å². The minimum atomic E-state index is -0.792. The molecule has 0 radical (unpaired) electrons. The van der Waals surface area contributed by atoms with Crippen LogP contribution in [0.3, 0.4) is 0 Å². The Morgan fingerprint density at radius 1 is 0.328 bits per heavy atom. The van der Waals surface area contributed by atoms with Crippen molar-refractivity contribution in [1.82, 2.24) is 0 Å². The first kappa shape index (κ1) is 61.1. The molecule has 0 aromatic carbocycles. The molecular formula is C58H102O6. The van der Waals surface area contributed by atoms with Crippen molar-refractivity contribution < 1.29 is 28.6 Å². The number of allylic oxidation sites excluding steroid dienone is 10.